The van der Waals surface area contributed by atoms with Gasteiger partial charge >= 0.3 is 40.2 Å². The molecule has 0 atom stereocenters. The first kappa shape index (κ1) is 3.81. The molecule has 0 aromatic carbocycles. The average molecular weight is 127 g/mol. The van der Waals surface area contributed by atoms with E-state index in [9.17, 15) is 0 Å². The zero-order valence-corrected chi connectivity index (χ0v) is 6.50. The Hall–Kier alpha value is 0.636. The van der Waals surface area contributed by atoms with Crippen molar-refractivity contribution in [3.05, 3.63) is 0 Å². The molecule has 0 radical (unpaired) electrons. The molecule has 0 amide bonds. The molecule has 1 heteroatoms. The predicted molar refractivity (Wildman–Crippen MR) is 26.0 cm³/mol. The first-order valence-electron chi connectivity index (χ1n) is 2.50. The van der Waals surface area contributed by atoms with Crippen LogP contribution in [0.15, 0.2) is 0 Å². The van der Waals surface area contributed by atoms with Gasteiger partial charge in [0.05, 0.1) is 0 Å². The number of hydrogen-bond donors (Lipinski definition) is 0. The summed E-state index contributed by atoms with van der Waals surface area (Å²) in [6.07, 6.45) is 3.17. The van der Waals surface area contributed by atoms with E-state index >= 15 is 0 Å². The number of hydrogen-bond acceptors (Lipinski definition) is 0. The molecule has 1 rings (SSSR count). The molecule has 1 aliphatic heterocycles. The maximum atomic E-state index is 1.69. The third-order valence-electron chi connectivity index (χ3n) is 1.25. The molecule has 0 nitrogen and oxygen atoms in total. The summed E-state index contributed by atoms with van der Waals surface area (Å²) in [7, 11) is 0. The van der Waals surface area contributed by atoms with Crippen molar-refractivity contribution in [1.82, 2.24) is 0 Å². The van der Waals surface area contributed by atoms with Gasteiger partial charge in [0, 0.05) is 0 Å². The van der Waals surface area contributed by atoms with Crippen LogP contribution in [0.4, 0.5) is 0 Å². The Labute approximate surface area is 40.7 Å². The summed E-state index contributed by atoms with van der Waals surface area (Å²) in [5.41, 5.74) is 0. The van der Waals surface area contributed by atoms with Crippen molar-refractivity contribution in [2.24, 2.45) is 0 Å². The van der Waals surface area contributed by atoms with Crippen molar-refractivity contribution in [2.75, 3.05) is 0 Å². The van der Waals surface area contributed by atoms with Crippen LogP contribution in [0, 0.1) is 0 Å². The molecule has 0 bridgehead atoms. The third-order valence-corrected chi connectivity index (χ3v) is 5.45. The topological polar surface area (TPSA) is 0 Å². The van der Waals surface area contributed by atoms with Crippen molar-refractivity contribution in [1.29, 1.82) is 0 Å². The Morgan fingerprint density at radius 1 is 1.00 bits per heavy atom. The van der Waals surface area contributed by atoms with Crippen molar-refractivity contribution in [2.45, 2.75) is 22.8 Å². The Balaban J connectivity index is 2.08. The summed E-state index contributed by atoms with van der Waals surface area (Å²) >= 11 is 0.208. The van der Waals surface area contributed by atoms with Crippen LogP contribution in [0.3, 0.4) is 0 Å². The Bertz CT molecular complexity index is 15.2. The Morgan fingerprint density at radius 3 is 1.80 bits per heavy atom. The van der Waals surface area contributed by atoms with Crippen LogP contribution in [0.2, 0.25) is 9.95 Å². The molecule has 1 aliphatic rings. The second-order valence-electron chi connectivity index (χ2n) is 1.77. The van der Waals surface area contributed by atoms with E-state index in [2.05, 4.69) is 0 Å². The summed E-state index contributed by atoms with van der Waals surface area (Å²) in [6, 6.07) is 0. The van der Waals surface area contributed by atoms with Gasteiger partial charge < -0.3 is 0 Å². The van der Waals surface area contributed by atoms with Gasteiger partial charge in [0.1, 0.15) is 0 Å². The summed E-state index contributed by atoms with van der Waals surface area (Å²) in [5, 5.41) is 0. The van der Waals surface area contributed by atoms with E-state index in [1.807, 2.05) is 0 Å². The van der Waals surface area contributed by atoms with Gasteiger partial charge in [-0.3, -0.25) is 0 Å². The van der Waals surface area contributed by atoms with Crippen LogP contribution in [0.25, 0.3) is 0 Å². The molecule has 0 aromatic heterocycles. The molecule has 1 fully saturated rings. The van der Waals surface area contributed by atoms with Crippen LogP contribution in [-0.4, -0.2) is 17.4 Å². The molecule has 1 heterocycles. The SMILES string of the molecule is C1C[CH2][GaH][CH2]1. The summed E-state index contributed by atoms with van der Waals surface area (Å²) in [5.74, 6) is 0. The summed E-state index contributed by atoms with van der Waals surface area (Å²) < 4.78 is 0. The minimum absolute atomic E-state index is 0.208. The summed E-state index contributed by atoms with van der Waals surface area (Å²) in [4.78, 5) is 3.38. The first-order chi connectivity index (χ1) is 2.50. The van der Waals surface area contributed by atoms with Gasteiger partial charge in [0.25, 0.3) is 0 Å². The van der Waals surface area contributed by atoms with Gasteiger partial charge in [-0.2, -0.15) is 0 Å². The molecule has 5 heavy (non-hydrogen) atoms. The zero-order chi connectivity index (χ0) is 3.54. The fraction of sp³-hybridized carbons (Fsp3) is 1.00. The van der Waals surface area contributed by atoms with Crippen molar-refractivity contribution >= 4 is 17.4 Å². The maximum absolute atomic E-state index is 1.69. The van der Waals surface area contributed by atoms with E-state index in [-0.39, 0.29) is 17.4 Å². The van der Waals surface area contributed by atoms with Crippen LogP contribution >= 0.6 is 0 Å². The minimum atomic E-state index is 0.208. The molecule has 0 unspecified atom stereocenters. The van der Waals surface area contributed by atoms with Crippen molar-refractivity contribution < 1.29 is 0 Å². The van der Waals surface area contributed by atoms with Gasteiger partial charge in [0.2, 0.25) is 0 Å². The van der Waals surface area contributed by atoms with Crippen LogP contribution in [-0.2, 0) is 0 Å². The monoisotopic (exact) mass is 126 g/mol. The van der Waals surface area contributed by atoms with Crippen molar-refractivity contribution in [3.63, 3.8) is 0 Å². The van der Waals surface area contributed by atoms with E-state index in [1.165, 1.54) is 0 Å². The van der Waals surface area contributed by atoms with E-state index in [0.29, 0.717) is 0 Å². The van der Waals surface area contributed by atoms with Gasteiger partial charge in [-0.05, 0) is 0 Å². The summed E-state index contributed by atoms with van der Waals surface area (Å²) in [6.45, 7) is 0. The van der Waals surface area contributed by atoms with Crippen LogP contribution in [0.1, 0.15) is 12.8 Å². The molecule has 1 saturated heterocycles. The van der Waals surface area contributed by atoms with E-state index in [1.54, 1.807) is 22.8 Å². The van der Waals surface area contributed by atoms with Gasteiger partial charge in [-0.25, -0.2) is 0 Å². The molecular weight excluding hydrogens is 118 g/mol. The predicted octanol–water partition coefficient (Wildman–Crippen LogP) is 1.05. The first-order valence-corrected chi connectivity index (χ1v) is 6.70. The molecule has 0 saturated carbocycles. The molecule has 0 aromatic rings. The molecule has 0 spiro atoms. The van der Waals surface area contributed by atoms with Crippen LogP contribution < -0.4 is 0 Å². The van der Waals surface area contributed by atoms with Gasteiger partial charge in [-0.15, -0.1) is 0 Å². The molecule has 0 N–H and O–H groups in total. The Morgan fingerprint density at radius 2 is 1.60 bits per heavy atom. The number of rotatable bonds is 0. The van der Waals surface area contributed by atoms with E-state index in [0.717, 1.165) is 0 Å². The van der Waals surface area contributed by atoms with Gasteiger partial charge in [0.15, 0.2) is 0 Å². The second-order valence-corrected chi connectivity index (χ2v) is 6.22. The van der Waals surface area contributed by atoms with Crippen LogP contribution in [0.5, 0.6) is 0 Å². The fourth-order valence-corrected chi connectivity index (χ4v) is 4.59. The van der Waals surface area contributed by atoms with E-state index in [4.69, 9.17) is 0 Å². The fourth-order valence-electron chi connectivity index (χ4n) is 0.884. The standard InChI is InChI=1S/C4H8.Ga.H/c1-3-4-2;;/h1-4H2;;. The normalized spacial score (nSPS) is 22.4. The average Bonchev–Trinajstić information content (AvgIpc) is 1.76. The van der Waals surface area contributed by atoms with Crippen molar-refractivity contribution in [3.8, 4) is 0 Å². The molecule has 0 aliphatic carbocycles. The molecular formula is C4H9Ga. The van der Waals surface area contributed by atoms with Gasteiger partial charge in [-0.1, -0.05) is 0 Å². The second kappa shape index (κ2) is 1.93. The Kier molecular flexibility index (Phi) is 1.47. The third kappa shape index (κ3) is 1.01. The quantitative estimate of drug-likeness (QED) is 0.426. The molecule has 28 valence electrons. The zero-order valence-electron chi connectivity index (χ0n) is 3.54. The van der Waals surface area contributed by atoms with E-state index < -0.39 is 0 Å².